The van der Waals surface area contributed by atoms with Crippen LogP contribution in [-0.4, -0.2) is 26.0 Å². The monoisotopic (exact) mass is 273 g/mol. The molecule has 0 fully saturated rings. The highest BCUT2D eigenvalue weighted by Gasteiger charge is 2.12. The Kier molecular flexibility index (Phi) is 3.93. The zero-order chi connectivity index (χ0) is 14.7. The van der Waals surface area contributed by atoms with Crippen molar-refractivity contribution in [2.45, 2.75) is 26.7 Å². The van der Waals surface area contributed by atoms with Crippen molar-refractivity contribution in [3.05, 3.63) is 45.6 Å². The van der Waals surface area contributed by atoms with Gasteiger partial charge in [-0.25, -0.2) is 4.98 Å². The van der Waals surface area contributed by atoms with Gasteiger partial charge in [-0.3, -0.25) is 14.6 Å². The van der Waals surface area contributed by atoms with Gasteiger partial charge in [0.25, 0.3) is 5.56 Å². The molecule has 0 saturated heterocycles. The molecule has 2 heterocycles. The Morgan fingerprint density at radius 3 is 2.75 bits per heavy atom. The van der Waals surface area contributed by atoms with Crippen molar-refractivity contribution in [1.82, 2.24) is 15.0 Å². The minimum atomic E-state index is -0.934. The first-order valence-corrected chi connectivity index (χ1v) is 6.21. The zero-order valence-electron chi connectivity index (χ0n) is 11.3. The van der Waals surface area contributed by atoms with Crippen LogP contribution in [0.1, 0.15) is 23.2 Å². The lowest BCUT2D eigenvalue weighted by Crippen LogP contribution is -2.18. The number of rotatable bonds is 4. The summed E-state index contributed by atoms with van der Waals surface area (Å²) in [6.07, 6.45) is 3.40. The zero-order valence-corrected chi connectivity index (χ0v) is 11.3. The number of H-pyrrole nitrogens is 1. The van der Waals surface area contributed by atoms with Gasteiger partial charge in [-0.1, -0.05) is 0 Å². The molecule has 0 atom stereocenters. The Morgan fingerprint density at radius 1 is 1.40 bits per heavy atom. The summed E-state index contributed by atoms with van der Waals surface area (Å²) in [6.45, 7) is 3.62. The van der Waals surface area contributed by atoms with Crippen molar-refractivity contribution >= 4 is 5.97 Å². The number of hydrogen-bond acceptors (Lipinski definition) is 4. The lowest BCUT2D eigenvalue weighted by molar-refractivity contribution is -0.136. The van der Waals surface area contributed by atoms with Crippen molar-refractivity contribution in [2.75, 3.05) is 0 Å². The van der Waals surface area contributed by atoms with Gasteiger partial charge in [0, 0.05) is 35.6 Å². The van der Waals surface area contributed by atoms with E-state index >= 15 is 0 Å². The van der Waals surface area contributed by atoms with Gasteiger partial charge >= 0.3 is 5.97 Å². The third-order valence-corrected chi connectivity index (χ3v) is 3.11. The maximum absolute atomic E-state index is 12.0. The molecule has 0 amide bonds. The molecule has 0 bridgehead atoms. The minimum Gasteiger partial charge on any atom is -0.481 e. The van der Waals surface area contributed by atoms with Crippen LogP contribution in [0.2, 0.25) is 0 Å². The number of aliphatic carboxylic acids is 1. The van der Waals surface area contributed by atoms with Crippen molar-refractivity contribution in [3.63, 3.8) is 0 Å². The van der Waals surface area contributed by atoms with Crippen LogP contribution < -0.4 is 5.56 Å². The number of carboxylic acids is 1. The standard InChI is InChI=1S/C14H15N3O3/c1-8-5-6-15-7-11(8)13-16-9(2)10(14(20)17-13)3-4-12(18)19/h5-7H,3-4H2,1-2H3,(H,18,19)(H,16,17,20). The van der Waals surface area contributed by atoms with E-state index in [1.165, 1.54) is 0 Å². The van der Waals surface area contributed by atoms with E-state index in [1.54, 1.807) is 19.3 Å². The van der Waals surface area contributed by atoms with E-state index in [0.29, 0.717) is 17.1 Å². The average molecular weight is 273 g/mol. The summed E-state index contributed by atoms with van der Waals surface area (Å²) in [6, 6.07) is 1.84. The summed E-state index contributed by atoms with van der Waals surface area (Å²) in [4.78, 5) is 33.7. The number of carbonyl (C=O) groups is 1. The highest BCUT2D eigenvalue weighted by atomic mass is 16.4. The molecular weight excluding hydrogens is 258 g/mol. The third-order valence-electron chi connectivity index (χ3n) is 3.11. The maximum atomic E-state index is 12.0. The molecule has 0 aromatic carbocycles. The molecule has 20 heavy (non-hydrogen) atoms. The van der Waals surface area contributed by atoms with Gasteiger partial charge < -0.3 is 10.1 Å². The predicted octanol–water partition coefficient (Wildman–Crippen LogP) is 1.47. The van der Waals surface area contributed by atoms with Crippen LogP contribution >= 0.6 is 0 Å². The lowest BCUT2D eigenvalue weighted by atomic mass is 10.1. The third kappa shape index (κ3) is 2.90. The number of aromatic amines is 1. The molecule has 2 aromatic rings. The van der Waals surface area contributed by atoms with Crippen LogP contribution in [-0.2, 0) is 11.2 Å². The van der Waals surface area contributed by atoms with Crippen molar-refractivity contribution in [1.29, 1.82) is 0 Å². The van der Waals surface area contributed by atoms with Crippen LogP contribution in [0, 0.1) is 13.8 Å². The van der Waals surface area contributed by atoms with E-state index in [1.807, 2.05) is 13.0 Å². The highest BCUT2D eigenvalue weighted by molar-refractivity contribution is 5.67. The Hall–Kier alpha value is -2.50. The second-order valence-corrected chi connectivity index (χ2v) is 4.56. The van der Waals surface area contributed by atoms with Gasteiger partial charge in [0.1, 0.15) is 5.82 Å². The fourth-order valence-electron chi connectivity index (χ4n) is 1.98. The van der Waals surface area contributed by atoms with Crippen LogP contribution in [0.5, 0.6) is 0 Å². The number of carboxylic acid groups (broad SMARTS) is 1. The summed E-state index contributed by atoms with van der Waals surface area (Å²) in [7, 11) is 0. The van der Waals surface area contributed by atoms with E-state index in [4.69, 9.17) is 5.11 Å². The van der Waals surface area contributed by atoms with Gasteiger partial charge in [-0.2, -0.15) is 0 Å². The molecule has 6 nitrogen and oxygen atoms in total. The van der Waals surface area contributed by atoms with Gasteiger partial charge in [0.15, 0.2) is 0 Å². The van der Waals surface area contributed by atoms with Crippen molar-refractivity contribution in [3.8, 4) is 11.4 Å². The van der Waals surface area contributed by atoms with Crippen molar-refractivity contribution < 1.29 is 9.90 Å². The Labute approximate surface area is 115 Å². The maximum Gasteiger partial charge on any atom is 0.303 e. The van der Waals surface area contributed by atoms with Crippen molar-refractivity contribution in [2.24, 2.45) is 0 Å². The molecule has 104 valence electrons. The largest absolute Gasteiger partial charge is 0.481 e. The van der Waals surface area contributed by atoms with Gasteiger partial charge in [-0.15, -0.1) is 0 Å². The van der Waals surface area contributed by atoms with E-state index in [0.717, 1.165) is 11.1 Å². The van der Waals surface area contributed by atoms with Gasteiger partial charge in [0.2, 0.25) is 0 Å². The summed E-state index contributed by atoms with van der Waals surface area (Å²) in [5.41, 5.74) is 2.39. The second kappa shape index (κ2) is 5.64. The smallest absolute Gasteiger partial charge is 0.303 e. The highest BCUT2D eigenvalue weighted by Crippen LogP contribution is 2.17. The first-order valence-electron chi connectivity index (χ1n) is 6.21. The molecule has 0 saturated carbocycles. The predicted molar refractivity (Wildman–Crippen MR) is 73.5 cm³/mol. The van der Waals surface area contributed by atoms with Crippen LogP contribution in [0.25, 0.3) is 11.4 Å². The molecule has 0 unspecified atom stereocenters. The molecule has 0 aliphatic rings. The quantitative estimate of drug-likeness (QED) is 0.879. The summed E-state index contributed by atoms with van der Waals surface area (Å²) in [5, 5.41) is 8.68. The number of pyridine rings is 1. The molecule has 0 aliphatic heterocycles. The van der Waals surface area contributed by atoms with E-state index < -0.39 is 5.97 Å². The number of nitrogens with one attached hydrogen (secondary N) is 1. The topological polar surface area (TPSA) is 95.9 Å². The SMILES string of the molecule is Cc1ccncc1-c1nc(C)c(CCC(=O)O)c(=O)[nH]1. The summed E-state index contributed by atoms with van der Waals surface area (Å²) < 4.78 is 0. The molecule has 0 spiro atoms. The molecule has 2 rings (SSSR count). The molecular formula is C14H15N3O3. The van der Waals surface area contributed by atoms with Crippen LogP contribution in [0.3, 0.4) is 0 Å². The normalized spacial score (nSPS) is 10.5. The van der Waals surface area contributed by atoms with Crippen LogP contribution in [0.15, 0.2) is 23.3 Å². The average Bonchev–Trinajstić information content (AvgIpc) is 2.37. The fourth-order valence-corrected chi connectivity index (χ4v) is 1.98. The Bertz CT molecular complexity index is 707. The molecule has 2 aromatic heterocycles. The van der Waals surface area contributed by atoms with E-state index in [2.05, 4.69) is 15.0 Å². The molecule has 2 N–H and O–H groups in total. The number of nitrogens with zero attached hydrogens (tertiary/aromatic N) is 2. The molecule has 0 radical (unpaired) electrons. The number of aryl methyl sites for hydroxylation is 2. The van der Waals surface area contributed by atoms with E-state index in [-0.39, 0.29) is 18.4 Å². The lowest BCUT2D eigenvalue weighted by Gasteiger charge is -2.08. The van der Waals surface area contributed by atoms with Gasteiger partial charge in [0.05, 0.1) is 0 Å². The first-order chi connectivity index (χ1) is 9.49. The minimum absolute atomic E-state index is 0.0864. The summed E-state index contributed by atoms with van der Waals surface area (Å²) >= 11 is 0. The Morgan fingerprint density at radius 2 is 2.15 bits per heavy atom. The molecule has 0 aliphatic carbocycles. The summed E-state index contributed by atoms with van der Waals surface area (Å²) in [5.74, 6) is -0.479. The number of aromatic nitrogens is 3. The molecule has 6 heteroatoms. The van der Waals surface area contributed by atoms with Gasteiger partial charge in [-0.05, 0) is 31.9 Å². The second-order valence-electron chi connectivity index (χ2n) is 4.56. The number of hydrogen-bond donors (Lipinski definition) is 2. The van der Waals surface area contributed by atoms with E-state index in [9.17, 15) is 9.59 Å². The first kappa shape index (κ1) is 13.9. The van der Waals surface area contributed by atoms with Crippen LogP contribution in [0.4, 0.5) is 0 Å². The Balaban J connectivity index is 2.43. The fraction of sp³-hybridized carbons (Fsp3) is 0.286.